The molecule has 5 heteroatoms. The quantitative estimate of drug-likeness (QED) is 0.657. The van der Waals surface area contributed by atoms with Gasteiger partial charge in [-0.25, -0.2) is 9.59 Å². The number of nitrogens with one attached hydrogen (secondary N) is 1. The molecule has 1 fully saturated rings. The monoisotopic (exact) mass is 194 g/mol. The van der Waals surface area contributed by atoms with E-state index in [2.05, 4.69) is 5.32 Å². The van der Waals surface area contributed by atoms with Gasteiger partial charge in [0.15, 0.2) is 0 Å². The van der Waals surface area contributed by atoms with Crippen LogP contribution < -0.4 is 5.32 Å². The lowest BCUT2D eigenvalue weighted by Gasteiger charge is -2.08. The minimum Gasteiger partial charge on any atom is -0.464 e. The standard InChI is InChI=1S/C9H10N2O3/c12-8-7(3-6-14-8)10-9(13)11-4-1-2-5-11/h1-2,4-5,7H,3,6H2,(H,10,13). The highest BCUT2D eigenvalue weighted by atomic mass is 16.5. The van der Waals surface area contributed by atoms with Crippen molar-refractivity contribution in [1.29, 1.82) is 0 Å². The summed E-state index contributed by atoms with van der Waals surface area (Å²) >= 11 is 0. The molecule has 5 nitrogen and oxygen atoms in total. The average Bonchev–Trinajstić information content (AvgIpc) is 2.77. The minimum atomic E-state index is -0.495. The van der Waals surface area contributed by atoms with Crippen LogP contribution in [0.1, 0.15) is 6.42 Å². The van der Waals surface area contributed by atoms with Crippen molar-refractivity contribution in [2.75, 3.05) is 6.61 Å². The lowest BCUT2D eigenvalue weighted by Crippen LogP contribution is -2.39. The van der Waals surface area contributed by atoms with E-state index in [1.807, 2.05) is 0 Å². The molecule has 1 atom stereocenters. The molecule has 1 saturated heterocycles. The van der Waals surface area contributed by atoms with Crippen LogP contribution in [-0.4, -0.2) is 29.2 Å². The van der Waals surface area contributed by atoms with Gasteiger partial charge in [-0.1, -0.05) is 0 Å². The van der Waals surface area contributed by atoms with Crippen molar-refractivity contribution in [2.45, 2.75) is 12.5 Å². The van der Waals surface area contributed by atoms with Gasteiger partial charge in [-0.15, -0.1) is 0 Å². The molecule has 74 valence electrons. The summed E-state index contributed by atoms with van der Waals surface area (Å²) in [6, 6.07) is 2.68. The van der Waals surface area contributed by atoms with Crippen molar-refractivity contribution in [2.24, 2.45) is 0 Å². The lowest BCUT2D eigenvalue weighted by atomic mass is 10.2. The van der Waals surface area contributed by atoms with E-state index < -0.39 is 6.04 Å². The largest absolute Gasteiger partial charge is 0.464 e. The zero-order valence-corrected chi connectivity index (χ0v) is 7.47. The Kier molecular flexibility index (Phi) is 2.22. The number of hydrogen-bond acceptors (Lipinski definition) is 3. The van der Waals surface area contributed by atoms with Crippen LogP contribution in [0, 0.1) is 0 Å². The highest BCUT2D eigenvalue weighted by Crippen LogP contribution is 2.05. The maximum atomic E-state index is 11.5. The first-order valence-corrected chi connectivity index (χ1v) is 4.38. The highest BCUT2D eigenvalue weighted by molar-refractivity contribution is 5.85. The number of rotatable bonds is 1. The Balaban J connectivity index is 1.98. The Labute approximate surface area is 80.7 Å². The molecule has 1 aliphatic heterocycles. The highest BCUT2D eigenvalue weighted by Gasteiger charge is 2.27. The van der Waals surface area contributed by atoms with Gasteiger partial charge in [0.2, 0.25) is 0 Å². The van der Waals surface area contributed by atoms with Crippen LogP contribution in [0.2, 0.25) is 0 Å². The Bertz CT molecular complexity index is 345. The SMILES string of the molecule is O=C1OCCC1NC(=O)n1cccc1. The molecular weight excluding hydrogens is 184 g/mol. The van der Waals surface area contributed by atoms with E-state index in [1.54, 1.807) is 24.5 Å². The van der Waals surface area contributed by atoms with Gasteiger partial charge in [0.05, 0.1) is 6.61 Å². The fourth-order valence-electron chi connectivity index (χ4n) is 1.32. The third-order valence-electron chi connectivity index (χ3n) is 2.07. The number of carbonyl (C=O) groups excluding carboxylic acids is 2. The second-order valence-electron chi connectivity index (χ2n) is 3.05. The lowest BCUT2D eigenvalue weighted by molar-refractivity contribution is -0.139. The summed E-state index contributed by atoms with van der Waals surface area (Å²) in [6.45, 7) is 0.384. The van der Waals surface area contributed by atoms with Crippen molar-refractivity contribution < 1.29 is 14.3 Å². The molecular formula is C9H10N2O3. The first-order valence-electron chi connectivity index (χ1n) is 4.38. The molecule has 1 N–H and O–H groups in total. The summed E-state index contributed by atoms with van der Waals surface area (Å²) < 4.78 is 6.10. The van der Waals surface area contributed by atoms with E-state index in [4.69, 9.17) is 4.74 Å². The predicted octanol–water partition coefficient (Wildman–Crippen LogP) is 0.361. The molecule has 14 heavy (non-hydrogen) atoms. The van der Waals surface area contributed by atoms with E-state index >= 15 is 0 Å². The second-order valence-corrected chi connectivity index (χ2v) is 3.05. The van der Waals surface area contributed by atoms with Gasteiger partial charge in [-0.3, -0.25) is 4.57 Å². The molecule has 1 aromatic rings. The molecule has 1 unspecified atom stereocenters. The number of hydrogen-bond donors (Lipinski definition) is 1. The molecule has 0 bridgehead atoms. The van der Waals surface area contributed by atoms with Gasteiger partial charge < -0.3 is 10.1 Å². The van der Waals surface area contributed by atoms with Gasteiger partial charge >= 0.3 is 12.0 Å². The van der Waals surface area contributed by atoms with Crippen LogP contribution >= 0.6 is 0 Å². The molecule has 0 saturated carbocycles. The molecule has 0 spiro atoms. The summed E-state index contributed by atoms with van der Waals surface area (Å²) in [5.41, 5.74) is 0. The van der Waals surface area contributed by atoms with Crippen molar-refractivity contribution >= 4 is 12.0 Å². The summed E-state index contributed by atoms with van der Waals surface area (Å²) in [6.07, 6.45) is 3.79. The van der Waals surface area contributed by atoms with Crippen molar-refractivity contribution in [3.63, 3.8) is 0 Å². The maximum Gasteiger partial charge on any atom is 0.328 e. The van der Waals surface area contributed by atoms with Crippen LogP contribution in [0.5, 0.6) is 0 Å². The number of cyclic esters (lactones) is 1. The van der Waals surface area contributed by atoms with Crippen LogP contribution in [0.4, 0.5) is 4.79 Å². The molecule has 1 amide bonds. The minimum absolute atomic E-state index is 0.307. The Morgan fingerprint density at radius 1 is 1.50 bits per heavy atom. The van der Waals surface area contributed by atoms with Gasteiger partial charge in [-0.05, 0) is 12.1 Å². The van der Waals surface area contributed by atoms with Crippen molar-refractivity contribution in [3.8, 4) is 0 Å². The van der Waals surface area contributed by atoms with Gasteiger partial charge in [-0.2, -0.15) is 0 Å². The number of aromatic nitrogens is 1. The Hall–Kier alpha value is -1.78. The molecule has 0 radical (unpaired) electrons. The van der Waals surface area contributed by atoms with Crippen LogP contribution in [0.15, 0.2) is 24.5 Å². The summed E-state index contributed by atoms with van der Waals surface area (Å²) in [7, 11) is 0. The molecule has 2 rings (SSSR count). The number of nitrogens with zero attached hydrogens (tertiary/aromatic N) is 1. The molecule has 2 heterocycles. The smallest absolute Gasteiger partial charge is 0.328 e. The zero-order valence-electron chi connectivity index (χ0n) is 7.47. The van der Waals surface area contributed by atoms with Crippen LogP contribution in [0.3, 0.4) is 0 Å². The number of carbonyl (C=O) groups is 2. The third kappa shape index (κ3) is 1.61. The Morgan fingerprint density at radius 2 is 2.21 bits per heavy atom. The zero-order chi connectivity index (χ0) is 9.97. The van der Waals surface area contributed by atoms with Crippen LogP contribution in [-0.2, 0) is 9.53 Å². The number of ether oxygens (including phenoxy) is 1. The van der Waals surface area contributed by atoms with E-state index in [0.717, 1.165) is 0 Å². The summed E-state index contributed by atoms with van der Waals surface area (Å²) in [5.74, 6) is -0.356. The molecule has 1 aromatic heterocycles. The number of amides is 1. The van der Waals surface area contributed by atoms with E-state index in [-0.39, 0.29) is 12.0 Å². The number of esters is 1. The van der Waals surface area contributed by atoms with Crippen molar-refractivity contribution in [3.05, 3.63) is 24.5 Å². The predicted molar refractivity (Wildman–Crippen MR) is 47.7 cm³/mol. The van der Waals surface area contributed by atoms with Gasteiger partial charge in [0, 0.05) is 18.8 Å². The average molecular weight is 194 g/mol. The maximum absolute atomic E-state index is 11.5. The Morgan fingerprint density at radius 3 is 2.79 bits per heavy atom. The van der Waals surface area contributed by atoms with E-state index in [1.165, 1.54) is 4.57 Å². The van der Waals surface area contributed by atoms with Gasteiger partial charge in [0.25, 0.3) is 0 Å². The fraction of sp³-hybridized carbons (Fsp3) is 0.333. The van der Waals surface area contributed by atoms with E-state index in [9.17, 15) is 9.59 Å². The third-order valence-corrected chi connectivity index (χ3v) is 2.07. The summed E-state index contributed by atoms with van der Waals surface area (Å²) in [4.78, 5) is 22.5. The van der Waals surface area contributed by atoms with E-state index in [0.29, 0.717) is 13.0 Å². The van der Waals surface area contributed by atoms with Gasteiger partial charge in [0.1, 0.15) is 6.04 Å². The molecule has 1 aliphatic rings. The first-order chi connectivity index (χ1) is 6.77. The fourth-order valence-corrected chi connectivity index (χ4v) is 1.32. The topological polar surface area (TPSA) is 60.3 Å². The second kappa shape index (κ2) is 3.53. The van der Waals surface area contributed by atoms with Crippen LogP contribution in [0.25, 0.3) is 0 Å². The normalized spacial score (nSPS) is 20.6. The summed E-state index contributed by atoms with van der Waals surface area (Å²) in [5, 5.41) is 2.58. The van der Waals surface area contributed by atoms with Crippen molar-refractivity contribution in [1.82, 2.24) is 9.88 Å². The molecule has 0 aromatic carbocycles. The molecule has 0 aliphatic carbocycles. The first kappa shape index (κ1) is 8.80.